The Morgan fingerprint density at radius 3 is 2.84 bits per heavy atom. The first-order valence-electron chi connectivity index (χ1n) is 6.47. The van der Waals surface area contributed by atoms with Crippen molar-refractivity contribution in [2.75, 3.05) is 20.7 Å². The molecule has 1 saturated carbocycles. The highest BCUT2D eigenvalue weighted by Crippen LogP contribution is 2.41. The number of hydrogen-bond donors (Lipinski definition) is 1. The number of ether oxygens (including phenoxy) is 1. The Morgan fingerprint density at radius 1 is 1.42 bits per heavy atom. The van der Waals surface area contributed by atoms with Gasteiger partial charge < -0.3 is 15.0 Å². The number of aromatic nitrogens is 2. The first kappa shape index (κ1) is 12.6. The molecule has 0 spiro atoms. The summed E-state index contributed by atoms with van der Waals surface area (Å²) in [5.74, 6) is 0.178. The summed E-state index contributed by atoms with van der Waals surface area (Å²) in [7, 11) is 4.01. The van der Waals surface area contributed by atoms with E-state index in [1.165, 1.54) is 0 Å². The van der Waals surface area contributed by atoms with Gasteiger partial charge in [-0.25, -0.2) is 4.63 Å². The molecule has 7 heteroatoms. The van der Waals surface area contributed by atoms with E-state index in [1.807, 2.05) is 14.1 Å². The zero-order valence-corrected chi connectivity index (χ0v) is 11.3. The van der Waals surface area contributed by atoms with Crippen molar-refractivity contribution in [2.45, 2.75) is 31.5 Å². The van der Waals surface area contributed by atoms with E-state index in [2.05, 4.69) is 25.2 Å². The van der Waals surface area contributed by atoms with Crippen LogP contribution in [0.25, 0.3) is 0 Å². The number of rotatable bonds is 3. The number of carbonyl (C=O) groups is 1. The minimum Gasteiger partial charge on any atom is -0.376 e. The largest absolute Gasteiger partial charge is 0.376 e. The van der Waals surface area contributed by atoms with Crippen molar-refractivity contribution in [2.24, 2.45) is 5.92 Å². The van der Waals surface area contributed by atoms with Crippen molar-refractivity contribution in [3.05, 3.63) is 11.4 Å². The highest BCUT2D eigenvalue weighted by atomic mass is 16.6. The Labute approximate surface area is 111 Å². The third kappa shape index (κ3) is 1.93. The molecular formula is C12H18N4O3. The maximum absolute atomic E-state index is 12.2. The number of likely N-dealkylation sites (N-methyl/N-ethyl adjacent to an activating group) is 1. The second-order valence-corrected chi connectivity index (χ2v) is 5.44. The lowest BCUT2D eigenvalue weighted by Crippen LogP contribution is -2.69. The van der Waals surface area contributed by atoms with Gasteiger partial charge in [-0.1, -0.05) is 5.16 Å². The first-order valence-corrected chi connectivity index (χ1v) is 6.47. The van der Waals surface area contributed by atoms with Crippen LogP contribution in [0, 0.1) is 12.8 Å². The molecule has 0 bridgehead atoms. The Morgan fingerprint density at radius 2 is 2.21 bits per heavy atom. The molecule has 1 saturated heterocycles. The number of nitrogens with one attached hydrogen (secondary N) is 1. The molecule has 2 aliphatic rings. The van der Waals surface area contributed by atoms with Crippen LogP contribution in [0.4, 0.5) is 0 Å². The summed E-state index contributed by atoms with van der Waals surface area (Å²) in [5.41, 5.74) is 0.775. The number of nitrogens with zero attached hydrogens (tertiary/aromatic N) is 3. The van der Waals surface area contributed by atoms with Gasteiger partial charge in [0.05, 0.1) is 18.2 Å². The molecule has 2 fully saturated rings. The Hall–Kier alpha value is -1.47. The average Bonchev–Trinajstić information content (AvgIpc) is 2.92. The fourth-order valence-corrected chi connectivity index (χ4v) is 3.14. The molecule has 0 aromatic carbocycles. The van der Waals surface area contributed by atoms with E-state index in [-0.39, 0.29) is 29.8 Å². The van der Waals surface area contributed by atoms with E-state index in [1.54, 1.807) is 6.92 Å². The summed E-state index contributed by atoms with van der Waals surface area (Å²) in [6.07, 6.45) is 1.23. The topological polar surface area (TPSA) is 80.5 Å². The van der Waals surface area contributed by atoms with Crippen LogP contribution in [0.15, 0.2) is 4.63 Å². The lowest BCUT2D eigenvalue weighted by molar-refractivity contribution is -0.0664. The molecule has 1 N–H and O–H groups in total. The molecule has 3 rings (SSSR count). The molecule has 1 aliphatic carbocycles. The van der Waals surface area contributed by atoms with Crippen LogP contribution in [0.3, 0.4) is 0 Å². The summed E-state index contributed by atoms with van der Waals surface area (Å²) < 4.78 is 10.3. The highest BCUT2D eigenvalue weighted by molar-refractivity contribution is 5.93. The summed E-state index contributed by atoms with van der Waals surface area (Å²) in [6, 6.07) is 0.322. The van der Waals surface area contributed by atoms with Crippen molar-refractivity contribution in [3.8, 4) is 0 Å². The molecule has 1 amide bonds. The van der Waals surface area contributed by atoms with E-state index >= 15 is 0 Å². The average molecular weight is 266 g/mol. The van der Waals surface area contributed by atoms with Crippen LogP contribution < -0.4 is 5.32 Å². The molecule has 19 heavy (non-hydrogen) atoms. The van der Waals surface area contributed by atoms with Gasteiger partial charge in [0.1, 0.15) is 5.69 Å². The standard InChI is InChI=1S/C12H18N4O3/c1-6-8(15-19-14-6)12(17)13-9-7-4-5-18-11(7)10(9)16(2)3/h7,9-11H,4-5H2,1-3H3,(H,13,17)/t7-,9+,10-,11-/m1/s1. The summed E-state index contributed by atoms with van der Waals surface area (Å²) in [6.45, 7) is 2.48. The fraction of sp³-hybridized carbons (Fsp3) is 0.750. The van der Waals surface area contributed by atoms with E-state index < -0.39 is 0 Å². The summed E-state index contributed by atoms with van der Waals surface area (Å²) >= 11 is 0. The second kappa shape index (κ2) is 4.57. The normalized spacial score (nSPS) is 33.1. The number of hydrogen-bond acceptors (Lipinski definition) is 6. The Kier molecular flexibility index (Phi) is 3.02. The SMILES string of the molecule is Cc1nonc1C(=O)N[C@H]1[C@H]2CCO[C@H]2[C@@H]1N(C)C. The number of aryl methyl sites for hydroxylation is 1. The van der Waals surface area contributed by atoms with Crippen molar-refractivity contribution < 1.29 is 14.2 Å². The predicted octanol–water partition coefficient (Wildman–Crippen LogP) is -0.175. The van der Waals surface area contributed by atoms with Crippen LogP contribution in [0.2, 0.25) is 0 Å². The molecule has 2 heterocycles. The molecule has 1 aliphatic heterocycles. The quantitative estimate of drug-likeness (QED) is 0.818. The van der Waals surface area contributed by atoms with E-state index in [0.29, 0.717) is 11.6 Å². The van der Waals surface area contributed by atoms with Crippen LogP contribution in [0.1, 0.15) is 22.6 Å². The van der Waals surface area contributed by atoms with Crippen molar-refractivity contribution in [1.82, 2.24) is 20.5 Å². The van der Waals surface area contributed by atoms with E-state index in [0.717, 1.165) is 13.0 Å². The van der Waals surface area contributed by atoms with Gasteiger partial charge in [0, 0.05) is 12.5 Å². The second-order valence-electron chi connectivity index (χ2n) is 5.44. The van der Waals surface area contributed by atoms with Crippen LogP contribution >= 0.6 is 0 Å². The predicted molar refractivity (Wildman–Crippen MR) is 65.6 cm³/mol. The molecule has 4 atom stereocenters. The van der Waals surface area contributed by atoms with Crippen LogP contribution in [0.5, 0.6) is 0 Å². The maximum Gasteiger partial charge on any atom is 0.275 e. The van der Waals surface area contributed by atoms with Gasteiger partial charge in [-0.2, -0.15) is 0 Å². The van der Waals surface area contributed by atoms with Gasteiger partial charge in [0.15, 0.2) is 5.69 Å². The van der Waals surface area contributed by atoms with Gasteiger partial charge >= 0.3 is 0 Å². The number of amides is 1. The Bertz CT molecular complexity index is 487. The van der Waals surface area contributed by atoms with Crippen LogP contribution in [-0.4, -0.2) is 60.0 Å². The van der Waals surface area contributed by atoms with Gasteiger partial charge in [0.25, 0.3) is 5.91 Å². The summed E-state index contributed by atoms with van der Waals surface area (Å²) in [5, 5.41) is 10.3. The van der Waals surface area contributed by atoms with Gasteiger partial charge in [0.2, 0.25) is 0 Å². The molecule has 0 unspecified atom stereocenters. The molecule has 1 aromatic heterocycles. The molecule has 104 valence electrons. The maximum atomic E-state index is 12.2. The Balaban J connectivity index is 1.72. The first-order chi connectivity index (χ1) is 9.09. The van der Waals surface area contributed by atoms with Crippen molar-refractivity contribution >= 4 is 5.91 Å². The minimum atomic E-state index is -0.221. The van der Waals surface area contributed by atoms with Gasteiger partial charge in [-0.15, -0.1) is 0 Å². The smallest absolute Gasteiger partial charge is 0.275 e. The minimum absolute atomic E-state index is 0.103. The zero-order chi connectivity index (χ0) is 13.6. The molecule has 0 radical (unpaired) electrons. The van der Waals surface area contributed by atoms with Gasteiger partial charge in [-0.3, -0.25) is 4.79 Å². The van der Waals surface area contributed by atoms with Crippen LogP contribution in [-0.2, 0) is 4.74 Å². The number of fused-ring (bicyclic) bond motifs is 1. The van der Waals surface area contributed by atoms with E-state index in [9.17, 15) is 4.79 Å². The van der Waals surface area contributed by atoms with E-state index in [4.69, 9.17) is 4.74 Å². The zero-order valence-electron chi connectivity index (χ0n) is 11.3. The van der Waals surface area contributed by atoms with Gasteiger partial charge in [-0.05, 0) is 32.6 Å². The third-order valence-corrected chi connectivity index (χ3v) is 4.11. The lowest BCUT2D eigenvalue weighted by Gasteiger charge is -2.50. The molecule has 1 aromatic rings. The summed E-state index contributed by atoms with van der Waals surface area (Å²) in [4.78, 5) is 14.3. The molecular weight excluding hydrogens is 248 g/mol. The number of carbonyl (C=O) groups excluding carboxylic acids is 1. The fourth-order valence-electron chi connectivity index (χ4n) is 3.14. The highest BCUT2D eigenvalue weighted by Gasteiger charge is 2.55. The monoisotopic (exact) mass is 266 g/mol. The third-order valence-electron chi connectivity index (χ3n) is 4.11. The van der Waals surface area contributed by atoms with Crippen molar-refractivity contribution in [3.63, 3.8) is 0 Å². The van der Waals surface area contributed by atoms with Crippen molar-refractivity contribution in [1.29, 1.82) is 0 Å². The lowest BCUT2D eigenvalue weighted by atomic mass is 9.71. The molecule has 7 nitrogen and oxygen atoms in total.